The summed E-state index contributed by atoms with van der Waals surface area (Å²) in [5.41, 5.74) is 1.82. The fourth-order valence-electron chi connectivity index (χ4n) is 3.05. The lowest BCUT2D eigenvalue weighted by molar-refractivity contribution is 0.0606. The van der Waals surface area contributed by atoms with Gasteiger partial charge in [-0.15, -0.1) is 0 Å². The van der Waals surface area contributed by atoms with Gasteiger partial charge in [-0.3, -0.25) is 4.79 Å². The van der Waals surface area contributed by atoms with Crippen molar-refractivity contribution < 1.29 is 9.90 Å². The zero-order chi connectivity index (χ0) is 14.5. The van der Waals surface area contributed by atoms with Crippen molar-refractivity contribution in [1.82, 2.24) is 4.90 Å². The van der Waals surface area contributed by atoms with Crippen LogP contribution in [0.5, 0.6) is 0 Å². The van der Waals surface area contributed by atoms with E-state index < -0.39 is 0 Å². The number of carbonyl (C=O) groups is 1. The van der Waals surface area contributed by atoms with Crippen LogP contribution in [0.3, 0.4) is 0 Å². The summed E-state index contributed by atoms with van der Waals surface area (Å²) in [6.45, 7) is 4.60. The smallest absolute Gasteiger partial charge is 0.254 e. The second-order valence-electron chi connectivity index (χ2n) is 5.90. The van der Waals surface area contributed by atoms with Crippen LogP contribution in [0, 0.1) is 6.92 Å². The molecule has 1 fully saturated rings. The Bertz CT molecular complexity index is 456. The van der Waals surface area contributed by atoms with Crippen LogP contribution in [0.2, 0.25) is 0 Å². The summed E-state index contributed by atoms with van der Waals surface area (Å²) >= 11 is 0. The Morgan fingerprint density at radius 3 is 2.80 bits per heavy atom. The molecule has 20 heavy (non-hydrogen) atoms. The molecule has 2 atom stereocenters. The molecule has 1 heterocycles. The van der Waals surface area contributed by atoms with E-state index >= 15 is 0 Å². The molecule has 1 aliphatic rings. The number of aliphatic hydroxyl groups is 1. The van der Waals surface area contributed by atoms with Crippen molar-refractivity contribution in [2.75, 3.05) is 6.54 Å². The van der Waals surface area contributed by atoms with E-state index in [0.29, 0.717) is 6.42 Å². The molecule has 1 amide bonds. The lowest BCUT2D eigenvalue weighted by atomic mass is 10.0. The van der Waals surface area contributed by atoms with E-state index in [1.807, 2.05) is 36.1 Å². The van der Waals surface area contributed by atoms with Gasteiger partial charge in [0.15, 0.2) is 0 Å². The number of aryl methyl sites for hydroxylation is 1. The summed E-state index contributed by atoms with van der Waals surface area (Å²) in [4.78, 5) is 14.8. The number of hydrogen-bond donors (Lipinski definition) is 1. The Morgan fingerprint density at radius 1 is 1.35 bits per heavy atom. The minimum Gasteiger partial charge on any atom is -0.393 e. The average Bonchev–Trinajstić information content (AvgIpc) is 2.63. The molecule has 2 rings (SSSR count). The summed E-state index contributed by atoms with van der Waals surface area (Å²) in [5, 5.41) is 9.68. The Morgan fingerprint density at radius 2 is 2.10 bits per heavy atom. The Hall–Kier alpha value is -1.35. The van der Waals surface area contributed by atoms with Crippen LogP contribution < -0.4 is 0 Å². The molecular formula is C17H25NO2. The van der Waals surface area contributed by atoms with Crippen LogP contribution in [0.1, 0.15) is 54.9 Å². The van der Waals surface area contributed by atoms with E-state index in [0.717, 1.165) is 36.9 Å². The molecule has 1 aliphatic heterocycles. The fourth-order valence-corrected chi connectivity index (χ4v) is 3.05. The highest BCUT2D eigenvalue weighted by atomic mass is 16.3. The molecule has 1 N–H and O–H groups in total. The molecule has 0 radical (unpaired) electrons. The van der Waals surface area contributed by atoms with Crippen LogP contribution in [0.15, 0.2) is 24.3 Å². The predicted octanol–water partition coefficient (Wildman–Crippen LogP) is 3.15. The van der Waals surface area contributed by atoms with Gasteiger partial charge in [0, 0.05) is 18.2 Å². The van der Waals surface area contributed by atoms with E-state index in [9.17, 15) is 9.90 Å². The molecule has 0 spiro atoms. The van der Waals surface area contributed by atoms with Gasteiger partial charge in [0.05, 0.1) is 6.10 Å². The van der Waals surface area contributed by atoms with E-state index in [4.69, 9.17) is 0 Å². The van der Waals surface area contributed by atoms with Gasteiger partial charge in [0.25, 0.3) is 5.91 Å². The highest BCUT2D eigenvalue weighted by Gasteiger charge is 2.27. The van der Waals surface area contributed by atoms with Crippen molar-refractivity contribution in [3.63, 3.8) is 0 Å². The highest BCUT2D eigenvalue weighted by Crippen LogP contribution is 2.23. The molecule has 110 valence electrons. The van der Waals surface area contributed by atoms with Crippen molar-refractivity contribution in [2.45, 2.75) is 58.1 Å². The lowest BCUT2D eigenvalue weighted by Crippen LogP contribution is -2.41. The van der Waals surface area contributed by atoms with Gasteiger partial charge in [-0.2, -0.15) is 0 Å². The van der Waals surface area contributed by atoms with Crippen molar-refractivity contribution in [3.8, 4) is 0 Å². The number of benzene rings is 1. The van der Waals surface area contributed by atoms with Gasteiger partial charge in [-0.05, 0) is 44.7 Å². The van der Waals surface area contributed by atoms with E-state index in [1.54, 1.807) is 6.92 Å². The van der Waals surface area contributed by atoms with E-state index in [1.165, 1.54) is 6.42 Å². The maximum absolute atomic E-state index is 12.8. The second-order valence-corrected chi connectivity index (χ2v) is 5.90. The molecule has 2 unspecified atom stereocenters. The topological polar surface area (TPSA) is 40.5 Å². The first-order valence-corrected chi connectivity index (χ1v) is 7.64. The standard InChI is InChI=1S/C17H25NO2/c1-13-8-5-6-10-16(13)17(20)18-11-7-3-4-9-15(18)12-14(2)19/h5-6,8,10,14-15,19H,3-4,7,9,11-12H2,1-2H3. The highest BCUT2D eigenvalue weighted by molar-refractivity contribution is 5.95. The van der Waals surface area contributed by atoms with Crippen LogP contribution in [0.4, 0.5) is 0 Å². The minimum atomic E-state index is -0.356. The molecule has 0 aliphatic carbocycles. The Balaban J connectivity index is 2.21. The lowest BCUT2D eigenvalue weighted by Gasteiger charge is -2.31. The van der Waals surface area contributed by atoms with Gasteiger partial charge in [0.1, 0.15) is 0 Å². The van der Waals surface area contributed by atoms with Gasteiger partial charge in [-0.25, -0.2) is 0 Å². The monoisotopic (exact) mass is 275 g/mol. The second kappa shape index (κ2) is 6.89. The maximum atomic E-state index is 12.8. The first-order chi connectivity index (χ1) is 9.59. The molecule has 1 aromatic carbocycles. The summed E-state index contributed by atoms with van der Waals surface area (Å²) in [6, 6.07) is 7.94. The molecule has 0 bridgehead atoms. The number of amides is 1. The zero-order valence-corrected chi connectivity index (χ0v) is 12.5. The Labute approximate surface area is 121 Å². The normalized spacial score (nSPS) is 21.4. The van der Waals surface area contributed by atoms with Crippen LogP contribution in [-0.2, 0) is 0 Å². The first kappa shape index (κ1) is 15.0. The van der Waals surface area contributed by atoms with Crippen molar-refractivity contribution >= 4 is 5.91 Å². The van der Waals surface area contributed by atoms with Crippen molar-refractivity contribution in [2.24, 2.45) is 0 Å². The van der Waals surface area contributed by atoms with Gasteiger partial charge < -0.3 is 10.0 Å². The molecule has 0 aromatic heterocycles. The van der Waals surface area contributed by atoms with E-state index in [-0.39, 0.29) is 18.1 Å². The number of rotatable bonds is 3. The SMILES string of the molecule is Cc1ccccc1C(=O)N1CCCCCC1CC(C)O. The Kier molecular flexibility index (Phi) is 5.18. The van der Waals surface area contributed by atoms with E-state index in [2.05, 4.69) is 0 Å². The van der Waals surface area contributed by atoms with Crippen LogP contribution >= 0.6 is 0 Å². The molecule has 1 saturated heterocycles. The third-order valence-electron chi connectivity index (χ3n) is 4.13. The third kappa shape index (κ3) is 3.60. The maximum Gasteiger partial charge on any atom is 0.254 e. The number of likely N-dealkylation sites (tertiary alicyclic amines) is 1. The van der Waals surface area contributed by atoms with Gasteiger partial charge >= 0.3 is 0 Å². The van der Waals surface area contributed by atoms with Gasteiger partial charge in [-0.1, -0.05) is 31.0 Å². The first-order valence-electron chi connectivity index (χ1n) is 7.64. The minimum absolute atomic E-state index is 0.121. The van der Waals surface area contributed by atoms with Crippen LogP contribution in [0.25, 0.3) is 0 Å². The van der Waals surface area contributed by atoms with Crippen molar-refractivity contribution in [1.29, 1.82) is 0 Å². The number of carbonyl (C=O) groups excluding carboxylic acids is 1. The number of nitrogens with zero attached hydrogens (tertiary/aromatic N) is 1. The molecule has 3 nitrogen and oxygen atoms in total. The fraction of sp³-hybridized carbons (Fsp3) is 0.588. The largest absolute Gasteiger partial charge is 0.393 e. The van der Waals surface area contributed by atoms with Gasteiger partial charge in [0.2, 0.25) is 0 Å². The van der Waals surface area contributed by atoms with Crippen molar-refractivity contribution in [3.05, 3.63) is 35.4 Å². The summed E-state index contributed by atoms with van der Waals surface area (Å²) in [7, 11) is 0. The quantitative estimate of drug-likeness (QED) is 0.920. The summed E-state index contributed by atoms with van der Waals surface area (Å²) in [6.07, 6.45) is 4.71. The summed E-state index contributed by atoms with van der Waals surface area (Å²) in [5.74, 6) is 0.121. The van der Waals surface area contributed by atoms with Crippen LogP contribution in [-0.4, -0.2) is 34.6 Å². The molecule has 1 aromatic rings. The molecule has 3 heteroatoms. The number of hydrogen-bond acceptors (Lipinski definition) is 2. The molecular weight excluding hydrogens is 250 g/mol. The third-order valence-corrected chi connectivity index (χ3v) is 4.13. The predicted molar refractivity (Wildman–Crippen MR) is 80.8 cm³/mol. The summed E-state index contributed by atoms with van der Waals surface area (Å²) < 4.78 is 0. The molecule has 0 saturated carbocycles. The number of aliphatic hydroxyl groups excluding tert-OH is 1. The zero-order valence-electron chi connectivity index (χ0n) is 12.5. The average molecular weight is 275 g/mol.